The first-order valence-electron chi connectivity index (χ1n) is 11.7. The molecule has 0 unspecified atom stereocenters. The molecule has 0 bridgehead atoms. The highest BCUT2D eigenvalue weighted by Crippen LogP contribution is 2.35. The molecule has 8 nitrogen and oxygen atoms in total. The normalized spacial score (nSPS) is 23.3. The van der Waals surface area contributed by atoms with Crippen LogP contribution in [0.25, 0.3) is 0 Å². The van der Waals surface area contributed by atoms with E-state index in [-0.39, 0.29) is 22.8 Å². The van der Waals surface area contributed by atoms with Crippen LogP contribution in [0.1, 0.15) is 57.4 Å². The van der Waals surface area contributed by atoms with Gasteiger partial charge < -0.3 is 10.1 Å². The number of sulfonamides is 1. The van der Waals surface area contributed by atoms with Gasteiger partial charge in [0.15, 0.2) is 0 Å². The molecular formula is C23H33N3O5S. The number of ether oxygens (including phenoxy) is 1. The van der Waals surface area contributed by atoms with Gasteiger partial charge in [0.1, 0.15) is 6.04 Å². The summed E-state index contributed by atoms with van der Waals surface area (Å²) in [5.74, 6) is -0.370. The fraction of sp³-hybridized carbons (Fsp3) is 0.652. The largest absolute Gasteiger partial charge is 0.379 e. The van der Waals surface area contributed by atoms with Crippen molar-refractivity contribution in [1.29, 1.82) is 0 Å². The summed E-state index contributed by atoms with van der Waals surface area (Å²) in [6, 6.07) is 4.31. The third-order valence-electron chi connectivity index (χ3n) is 6.74. The van der Waals surface area contributed by atoms with E-state index in [1.165, 1.54) is 41.5 Å². The second-order valence-corrected chi connectivity index (χ2v) is 10.9. The van der Waals surface area contributed by atoms with Crippen LogP contribution in [0.3, 0.4) is 0 Å². The number of benzene rings is 1. The number of nitrogens with zero attached hydrogens (tertiary/aromatic N) is 2. The van der Waals surface area contributed by atoms with Crippen LogP contribution in [0.4, 0.5) is 5.69 Å². The minimum atomic E-state index is -3.64. The molecule has 1 saturated heterocycles. The Morgan fingerprint density at radius 3 is 2.34 bits per heavy atom. The van der Waals surface area contributed by atoms with Crippen molar-refractivity contribution in [1.82, 2.24) is 9.62 Å². The van der Waals surface area contributed by atoms with Crippen LogP contribution >= 0.6 is 0 Å². The van der Waals surface area contributed by atoms with E-state index < -0.39 is 16.1 Å². The van der Waals surface area contributed by atoms with Crippen LogP contribution < -0.4 is 10.2 Å². The van der Waals surface area contributed by atoms with Crippen molar-refractivity contribution in [2.24, 2.45) is 0 Å². The molecule has 9 heteroatoms. The molecule has 1 aromatic carbocycles. The summed E-state index contributed by atoms with van der Waals surface area (Å²) >= 11 is 0. The summed E-state index contributed by atoms with van der Waals surface area (Å²) in [6.07, 6.45) is 8.11. The van der Waals surface area contributed by atoms with E-state index in [1.54, 1.807) is 12.1 Å². The standard InChI is InChI=1S/C23H33N3O5S/c1-17(27)26-21-10-9-20(32(29,30)25-11-13-31-14-12-25)15-18(21)16-22(26)23(28)24-19-7-5-3-2-4-6-8-19/h9-10,15,19,22H,2-8,11-14,16H2,1H3,(H,24,28)/t22-/m0/s1. The molecule has 0 spiro atoms. The van der Waals surface area contributed by atoms with Crippen molar-refractivity contribution in [3.63, 3.8) is 0 Å². The first-order valence-corrected chi connectivity index (χ1v) is 13.1. The average Bonchev–Trinajstić information content (AvgIpc) is 3.15. The Morgan fingerprint density at radius 1 is 1.03 bits per heavy atom. The van der Waals surface area contributed by atoms with Crippen LogP contribution in [0, 0.1) is 0 Å². The number of rotatable bonds is 4. The summed E-state index contributed by atoms with van der Waals surface area (Å²) in [6.45, 7) is 2.86. The zero-order valence-electron chi connectivity index (χ0n) is 18.7. The molecule has 0 aromatic heterocycles. The minimum Gasteiger partial charge on any atom is -0.379 e. The number of carbonyl (C=O) groups is 2. The molecule has 32 heavy (non-hydrogen) atoms. The van der Waals surface area contributed by atoms with Gasteiger partial charge in [-0.25, -0.2) is 8.42 Å². The smallest absolute Gasteiger partial charge is 0.243 e. The van der Waals surface area contributed by atoms with Crippen molar-refractivity contribution < 1.29 is 22.7 Å². The second kappa shape index (κ2) is 9.89. The molecule has 1 atom stereocenters. The van der Waals surface area contributed by atoms with Crippen LogP contribution in [-0.2, 0) is 30.8 Å². The molecule has 2 heterocycles. The third-order valence-corrected chi connectivity index (χ3v) is 8.63. The lowest BCUT2D eigenvalue weighted by Gasteiger charge is -2.27. The average molecular weight is 464 g/mol. The van der Waals surface area contributed by atoms with Gasteiger partial charge in [-0.3, -0.25) is 14.5 Å². The summed E-state index contributed by atoms with van der Waals surface area (Å²) in [7, 11) is -3.64. The predicted molar refractivity (Wildman–Crippen MR) is 121 cm³/mol. The fourth-order valence-electron chi connectivity index (χ4n) is 5.02. The van der Waals surface area contributed by atoms with Crippen molar-refractivity contribution in [3.05, 3.63) is 23.8 Å². The lowest BCUT2D eigenvalue weighted by atomic mass is 9.96. The summed E-state index contributed by atoms with van der Waals surface area (Å²) < 4.78 is 32.8. The monoisotopic (exact) mass is 463 g/mol. The van der Waals surface area contributed by atoms with Crippen molar-refractivity contribution >= 4 is 27.5 Å². The Bertz CT molecular complexity index is 950. The quantitative estimate of drug-likeness (QED) is 0.739. The number of morpholine rings is 1. The minimum absolute atomic E-state index is 0.137. The van der Waals surface area contributed by atoms with Gasteiger partial charge in [0.2, 0.25) is 21.8 Å². The van der Waals surface area contributed by atoms with E-state index in [4.69, 9.17) is 4.74 Å². The van der Waals surface area contributed by atoms with Gasteiger partial charge in [0, 0.05) is 38.2 Å². The number of fused-ring (bicyclic) bond motifs is 1. The number of hydrogen-bond acceptors (Lipinski definition) is 5. The van der Waals surface area contributed by atoms with Gasteiger partial charge in [-0.2, -0.15) is 4.31 Å². The lowest BCUT2D eigenvalue weighted by molar-refractivity contribution is -0.126. The maximum Gasteiger partial charge on any atom is 0.243 e. The zero-order chi connectivity index (χ0) is 22.7. The van der Waals surface area contributed by atoms with Gasteiger partial charge in [-0.1, -0.05) is 32.1 Å². The van der Waals surface area contributed by atoms with E-state index >= 15 is 0 Å². The Kier molecular flexibility index (Phi) is 7.17. The molecule has 2 fully saturated rings. The van der Waals surface area contributed by atoms with Crippen LogP contribution in [0.2, 0.25) is 0 Å². The van der Waals surface area contributed by atoms with Gasteiger partial charge in [-0.15, -0.1) is 0 Å². The van der Waals surface area contributed by atoms with Crippen LogP contribution in [-0.4, -0.2) is 62.9 Å². The van der Waals surface area contributed by atoms with Gasteiger partial charge in [0.05, 0.1) is 18.1 Å². The highest BCUT2D eigenvalue weighted by atomic mass is 32.2. The summed E-state index contributed by atoms with van der Waals surface area (Å²) in [4.78, 5) is 27.3. The van der Waals surface area contributed by atoms with E-state index in [2.05, 4.69) is 5.32 Å². The van der Waals surface area contributed by atoms with Crippen molar-refractivity contribution in [2.45, 2.75) is 75.3 Å². The molecule has 3 aliphatic rings. The Balaban J connectivity index is 1.53. The molecular weight excluding hydrogens is 430 g/mol. The van der Waals surface area contributed by atoms with E-state index in [1.807, 2.05) is 0 Å². The first kappa shape index (κ1) is 23.2. The fourth-order valence-corrected chi connectivity index (χ4v) is 6.48. The third kappa shape index (κ3) is 4.84. The molecule has 1 saturated carbocycles. The Labute approximate surface area is 190 Å². The number of nitrogens with one attached hydrogen (secondary N) is 1. The van der Waals surface area contributed by atoms with Crippen molar-refractivity contribution in [2.75, 3.05) is 31.2 Å². The highest BCUT2D eigenvalue weighted by molar-refractivity contribution is 7.89. The molecule has 2 amide bonds. The lowest BCUT2D eigenvalue weighted by Crippen LogP contribution is -2.50. The first-order chi connectivity index (χ1) is 15.4. The summed E-state index contributed by atoms with van der Waals surface area (Å²) in [5, 5.41) is 3.17. The topological polar surface area (TPSA) is 96.0 Å². The molecule has 1 N–H and O–H groups in total. The van der Waals surface area contributed by atoms with Gasteiger partial charge in [-0.05, 0) is 36.6 Å². The number of amides is 2. The van der Waals surface area contributed by atoms with E-state index in [0.29, 0.717) is 44.0 Å². The van der Waals surface area contributed by atoms with Crippen LogP contribution in [0.15, 0.2) is 23.1 Å². The molecule has 2 aliphatic heterocycles. The number of hydrogen-bond donors (Lipinski definition) is 1. The van der Waals surface area contributed by atoms with Crippen LogP contribution in [0.5, 0.6) is 0 Å². The zero-order valence-corrected chi connectivity index (χ0v) is 19.5. The summed E-state index contributed by atoms with van der Waals surface area (Å²) in [5.41, 5.74) is 1.34. The van der Waals surface area contributed by atoms with E-state index in [0.717, 1.165) is 25.7 Å². The molecule has 1 aliphatic carbocycles. The molecule has 176 valence electrons. The second-order valence-electron chi connectivity index (χ2n) is 8.97. The van der Waals surface area contributed by atoms with Crippen molar-refractivity contribution in [3.8, 4) is 0 Å². The van der Waals surface area contributed by atoms with Gasteiger partial charge >= 0.3 is 0 Å². The highest BCUT2D eigenvalue weighted by Gasteiger charge is 2.38. The molecule has 0 radical (unpaired) electrons. The maximum atomic E-state index is 13.2. The molecule has 4 rings (SSSR count). The SMILES string of the molecule is CC(=O)N1c2ccc(S(=O)(=O)N3CCOCC3)cc2C[C@H]1C(=O)NC1CCCCCCC1. The maximum absolute atomic E-state index is 13.2. The predicted octanol–water partition coefficient (Wildman–Crippen LogP) is 2.21. The van der Waals surface area contributed by atoms with E-state index in [9.17, 15) is 18.0 Å². The van der Waals surface area contributed by atoms with Gasteiger partial charge in [0.25, 0.3) is 0 Å². The Morgan fingerprint density at radius 2 is 1.69 bits per heavy atom. The Hall–Kier alpha value is -1.97. The number of anilines is 1. The molecule has 1 aromatic rings. The number of carbonyl (C=O) groups excluding carboxylic acids is 2.